The molecule has 0 unspecified atom stereocenters. The third-order valence-corrected chi connectivity index (χ3v) is 2.81. The largest absolute Gasteiger partial charge is 0.396 e. The van der Waals surface area contributed by atoms with Gasteiger partial charge in [-0.15, -0.1) is 11.6 Å². The Morgan fingerprint density at radius 2 is 1.86 bits per heavy atom. The lowest BCUT2D eigenvalue weighted by molar-refractivity contribution is -0.130. The van der Waals surface area contributed by atoms with Gasteiger partial charge in [0.05, 0.1) is 5.41 Å². The first-order chi connectivity index (χ1) is 6.25. The van der Waals surface area contributed by atoms with E-state index in [1.807, 2.05) is 13.8 Å². The normalized spacial score (nSPS) is 12.7. The molecule has 3 nitrogen and oxygen atoms in total. The second-order valence-electron chi connectivity index (χ2n) is 4.83. The van der Waals surface area contributed by atoms with E-state index in [0.717, 1.165) is 0 Å². The lowest BCUT2D eigenvalue weighted by Crippen LogP contribution is -2.49. The number of aliphatic hydroxyl groups is 1. The Morgan fingerprint density at radius 3 is 2.21 bits per heavy atom. The third kappa shape index (κ3) is 4.29. The van der Waals surface area contributed by atoms with Crippen molar-refractivity contribution in [3.8, 4) is 0 Å². The molecule has 0 aromatic rings. The van der Waals surface area contributed by atoms with Crippen LogP contribution < -0.4 is 5.32 Å². The Kier molecular flexibility index (Phi) is 4.89. The third-order valence-electron chi connectivity index (χ3n) is 2.14. The topological polar surface area (TPSA) is 49.3 Å². The quantitative estimate of drug-likeness (QED) is 0.692. The number of amides is 1. The Balaban J connectivity index is 4.31. The van der Waals surface area contributed by atoms with Gasteiger partial charge in [-0.25, -0.2) is 0 Å². The molecule has 0 saturated heterocycles. The van der Waals surface area contributed by atoms with Crippen LogP contribution in [0.4, 0.5) is 0 Å². The minimum absolute atomic E-state index is 0.0641. The van der Waals surface area contributed by atoms with Crippen LogP contribution in [-0.4, -0.2) is 29.0 Å². The minimum Gasteiger partial charge on any atom is -0.396 e. The molecule has 0 aliphatic rings. The summed E-state index contributed by atoms with van der Waals surface area (Å²) in [6.07, 6.45) is 0.539. The summed E-state index contributed by atoms with van der Waals surface area (Å²) in [6.45, 7) is 7.42. The van der Waals surface area contributed by atoms with Gasteiger partial charge >= 0.3 is 0 Å². The van der Waals surface area contributed by atoms with Gasteiger partial charge in [0.2, 0.25) is 5.91 Å². The van der Waals surface area contributed by atoms with Gasteiger partial charge in [-0.2, -0.15) is 0 Å². The van der Waals surface area contributed by atoms with Gasteiger partial charge in [-0.3, -0.25) is 4.79 Å². The average Bonchev–Trinajstić information content (AvgIpc) is 2.03. The molecule has 0 saturated carbocycles. The van der Waals surface area contributed by atoms with Crippen LogP contribution in [0.3, 0.4) is 0 Å². The van der Waals surface area contributed by atoms with E-state index in [2.05, 4.69) is 5.32 Å². The number of carbonyl (C=O) groups excluding carboxylic acids is 1. The Labute approximate surface area is 90.8 Å². The van der Waals surface area contributed by atoms with Gasteiger partial charge in [0.1, 0.15) is 0 Å². The summed E-state index contributed by atoms with van der Waals surface area (Å²) in [7, 11) is 0. The molecule has 2 N–H and O–H groups in total. The Hall–Kier alpha value is -0.280. The van der Waals surface area contributed by atoms with Crippen LogP contribution in [0.25, 0.3) is 0 Å². The first kappa shape index (κ1) is 13.7. The molecule has 0 aromatic carbocycles. The van der Waals surface area contributed by atoms with Crippen LogP contribution in [0.5, 0.6) is 0 Å². The van der Waals surface area contributed by atoms with E-state index in [1.54, 1.807) is 13.8 Å². The van der Waals surface area contributed by atoms with Crippen LogP contribution >= 0.6 is 11.6 Å². The number of nitrogens with one attached hydrogen (secondary N) is 1. The first-order valence-corrected chi connectivity index (χ1v) is 5.28. The molecule has 0 atom stereocenters. The summed E-state index contributed by atoms with van der Waals surface area (Å²) in [4.78, 5) is 11.7. The van der Waals surface area contributed by atoms with Gasteiger partial charge in [-0.05, 0) is 34.1 Å². The molecule has 0 aromatic heterocycles. The van der Waals surface area contributed by atoms with E-state index >= 15 is 0 Å². The number of hydrogen-bond acceptors (Lipinski definition) is 2. The molecule has 84 valence electrons. The van der Waals surface area contributed by atoms with E-state index in [1.165, 1.54) is 0 Å². The summed E-state index contributed by atoms with van der Waals surface area (Å²) < 4.78 is 0. The van der Waals surface area contributed by atoms with Crippen molar-refractivity contribution in [1.82, 2.24) is 5.32 Å². The van der Waals surface area contributed by atoms with Crippen molar-refractivity contribution in [3.63, 3.8) is 0 Å². The maximum Gasteiger partial charge on any atom is 0.227 e. The second kappa shape index (κ2) is 4.99. The van der Waals surface area contributed by atoms with Crippen molar-refractivity contribution in [2.45, 2.75) is 39.7 Å². The van der Waals surface area contributed by atoms with Gasteiger partial charge < -0.3 is 10.4 Å². The van der Waals surface area contributed by atoms with Crippen LogP contribution in [0.1, 0.15) is 34.1 Å². The molecule has 1 amide bonds. The number of alkyl halides is 1. The fourth-order valence-corrected chi connectivity index (χ4v) is 1.00. The summed E-state index contributed by atoms with van der Waals surface area (Å²) in [5.74, 6) is 0.208. The van der Waals surface area contributed by atoms with Crippen molar-refractivity contribution < 1.29 is 9.90 Å². The average molecular weight is 222 g/mol. The van der Waals surface area contributed by atoms with Crippen molar-refractivity contribution in [1.29, 1.82) is 0 Å². The lowest BCUT2D eigenvalue weighted by Gasteiger charge is -2.30. The van der Waals surface area contributed by atoms with E-state index in [9.17, 15) is 4.79 Å². The lowest BCUT2D eigenvalue weighted by atomic mass is 9.92. The highest BCUT2D eigenvalue weighted by Crippen LogP contribution is 2.19. The number of hydrogen-bond donors (Lipinski definition) is 2. The van der Waals surface area contributed by atoms with Crippen molar-refractivity contribution in [2.24, 2.45) is 5.41 Å². The van der Waals surface area contributed by atoms with Crippen molar-refractivity contribution in [2.75, 3.05) is 12.5 Å². The molecule has 0 spiro atoms. The van der Waals surface area contributed by atoms with E-state index in [-0.39, 0.29) is 23.9 Å². The molecular weight excluding hydrogens is 202 g/mol. The summed E-state index contributed by atoms with van der Waals surface area (Å²) in [5.41, 5.74) is -0.941. The highest BCUT2D eigenvalue weighted by Gasteiger charge is 2.30. The molecule has 0 aliphatic carbocycles. The summed E-state index contributed by atoms with van der Waals surface area (Å²) in [6, 6.07) is 0. The zero-order valence-electron chi connectivity index (χ0n) is 9.35. The second-order valence-corrected chi connectivity index (χ2v) is 5.10. The Bertz CT molecular complexity index is 202. The highest BCUT2D eigenvalue weighted by atomic mass is 35.5. The number of halogens is 1. The van der Waals surface area contributed by atoms with Crippen LogP contribution in [0.15, 0.2) is 0 Å². The SMILES string of the molecule is CC(C)(CCO)NC(=O)C(C)(C)CCl. The summed E-state index contributed by atoms with van der Waals surface area (Å²) >= 11 is 5.68. The maximum absolute atomic E-state index is 11.7. The van der Waals surface area contributed by atoms with Gasteiger partial charge in [0, 0.05) is 18.0 Å². The van der Waals surface area contributed by atoms with Crippen molar-refractivity contribution in [3.05, 3.63) is 0 Å². The molecule has 0 rings (SSSR count). The highest BCUT2D eigenvalue weighted by molar-refractivity contribution is 6.19. The number of carbonyl (C=O) groups is 1. The molecule has 0 radical (unpaired) electrons. The fourth-order valence-electron chi connectivity index (χ4n) is 0.879. The van der Waals surface area contributed by atoms with Crippen LogP contribution in [0, 0.1) is 5.41 Å². The molecule has 0 fully saturated rings. The molecule has 14 heavy (non-hydrogen) atoms. The zero-order valence-corrected chi connectivity index (χ0v) is 10.1. The molecule has 4 heteroatoms. The monoisotopic (exact) mass is 221 g/mol. The van der Waals surface area contributed by atoms with Crippen LogP contribution in [0.2, 0.25) is 0 Å². The predicted molar refractivity (Wildman–Crippen MR) is 58.4 cm³/mol. The van der Waals surface area contributed by atoms with E-state index < -0.39 is 5.41 Å². The smallest absolute Gasteiger partial charge is 0.227 e. The van der Waals surface area contributed by atoms with Gasteiger partial charge in [0.15, 0.2) is 0 Å². The van der Waals surface area contributed by atoms with Gasteiger partial charge in [-0.1, -0.05) is 0 Å². The molecule has 0 bridgehead atoms. The van der Waals surface area contributed by atoms with Crippen LogP contribution in [-0.2, 0) is 4.79 Å². The standard InChI is InChI=1S/C10H20ClNO2/c1-9(2,7-11)8(14)12-10(3,4)5-6-13/h13H,5-7H2,1-4H3,(H,12,14). The van der Waals surface area contributed by atoms with Crippen molar-refractivity contribution >= 4 is 17.5 Å². The molecule has 0 heterocycles. The van der Waals surface area contributed by atoms with E-state index in [4.69, 9.17) is 16.7 Å². The minimum atomic E-state index is -0.561. The van der Waals surface area contributed by atoms with Gasteiger partial charge in [0.25, 0.3) is 0 Å². The van der Waals surface area contributed by atoms with E-state index in [0.29, 0.717) is 6.42 Å². The first-order valence-electron chi connectivity index (χ1n) is 4.74. The fraction of sp³-hybridized carbons (Fsp3) is 0.900. The number of rotatable bonds is 5. The maximum atomic E-state index is 11.7. The molecular formula is C10H20ClNO2. The summed E-state index contributed by atoms with van der Waals surface area (Å²) in [5, 5.41) is 11.7. The Morgan fingerprint density at radius 1 is 1.36 bits per heavy atom. The number of aliphatic hydroxyl groups excluding tert-OH is 1. The predicted octanol–water partition coefficient (Wildman–Crippen LogP) is 1.53. The molecule has 0 aliphatic heterocycles. The zero-order chi connectivity index (χ0) is 11.4.